The van der Waals surface area contributed by atoms with Gasteiger partial charge in [0.15, 0.2) is 0 Å². The maximum atomic E-state index is 11.5. The van der Waals surface area contributed by atoms with Crippen molar-refractivity contribution in [2.75, 3.05) is 27.2 Å². The van der Waals surface area contributed by atoms with Crippen LogP contribution < -0.4 is 5.36 Å². The fraction of sp³-hybridized carbons (Fsp3) is 0.238. The van der Waals surface area contributed by atoms with Crippen LogP contribution in [-0.4, -0.2) is 52.7 Å². The van der Waals surface area contributed by atoms with Crippen LogP contribution in [0.15, 0.2) is 47.5 Å². The van der Waals surface area contributed by atoms with E-state index in [9.17, 15) is 9.90 Å². The number of aromatic amines is 1. The van der Waals surface area contributed by atoms with Gasteiger partial charge in [0.2, 0.25) is 0 Å². The highest BCUT2D eigenvalue weighted by Gasteiger charge is 2.14. The summed E-state index contributed by atoms with van der Waals surface area (Å²) in [6.45, 7) is 1.52. The maximum Gasteiger partial charge on any atom is 0.335 e. The number of pyridine rings is 1. The van der Waals surface area contributed by atoms with Crippen LogP contribution in [0.1, 0.15) is 10.4 Å². The number of nitrogens with one attached hydrogen (secondary N) is 1. The second-order valence-corrected chi connectivity index (χ2v) is 7.02. The highest BCUT2D eigenvalue weighted by atomic mass is 16.4. The summed E-state index contributed by atoms with van der Waals surface area (Å²) in [6.07, 6.45) is 0. The lowest BCUT2D eigenvalue weighted by atomic mass is 10.1. The van der Waals surface area contributed by atoms with Gasteiger partial charge in [0, 0.05) is 29.9 Å². The van der Waals surface area contributed by atoms with E-state index < -0.39 is 5.97 Å². The molecule has 0 unspecified atom stereocenters. The Morgan fingerprint density at radius 1 is 1.19 bits per heavy atom. The zero-order valence-corrected chi connectivity index (χ0v) is 15.7. The van der Waals surface area contributed by atoms with E-state index in [2.05, 4.69) is 26.6 Å². The third-order valence-corrected chi connectivity index (χ3v) is 4.94. The topological polar surface area (TPSA) is 73.6 Å². The molecular weight excluding hydrogens is 340 g/mol. The number of rotatable bonds is 4. The minimum atomic E-state index is -0.928. The monoisotopic (exact) mass is 362 g/mol. The number of likely N-dealkylation sites (N-methyl/N-ethyl adjacent to an activating group) is 1. The van der Waals surface area contributed by atoms with Gasteiger partial charge in [0.25, 0.3) is 0 Å². The molecule has 4 aromatic rings. The van der Waals surface area contributed by atoms with Crippen molar-refractivity contribution in [2.45, 2.75) is 0 Å². The smallest absolute Gasteiger partial charge is 0.335 e. The van der Waals surface area contributed by atoms with Crippen LogP contribution in [0.2, 0.25) is 0 Å². The fourth-order valence-corrected chi connectivity index (χ4v) is 3.55. The van der Waals surface area contributed by atoms with Crippen LogP contribution in [-0.2, 0) is 7.05 Å². The standard InChI is InChI=1S/C21H22N4O2/c1-24(2)11-10-22-19-14-6-4-5-7-17(14)25(3)20-18(19)15-12-13(21(26)27)8-9-16(15)23-20/h4-9,12,23H,10-11H2,1-3H3,(H,26,27). The van der Waals surface area contributed by atoms with E-state index in [0.29, 0.717) is 6.54 Å². The van der Waals surface area contributed by atoms with Crippen LogP contribution in [0.5, 0.6) is 0 Å². The number of aromatic carboxylic acids is 1. The molecule has 138 valence electrons. The Morgan fingerprint density at radius 2 is 1.96 bits per heavy atom. The normalized spacial score (nSPS) is 12.7. The average Bonchev–Trinajstić information content (AvgIpc) is 3.03. The molecule has 0 saturated heterocycles. The first-order chi connectivity index (χ1) is 13.0. The highest BCUT2D eigenvalue weighted by molar-refractivity contribution is 6.11. The largest absolute Gasteiger partial charge is 0.478 e. The molecule has 0 aliphatic heterocycles. The Balaban J connectivity index is 2.16. The first kappa shape index (κ1) is 17.3. The summed E-state index contributed by atoms with van der Waals surface area (Å²) in [5, 5.41) is 13.2. The molecule has 4 rings (SSSR count). The molecule has 2 aromatic heterocycles. The van der Waals surface area contributed by atoms with Gasteiger partial charge >= 0.3 is 5.97 Å². The molecule has 2 aromatic carbocycles. The van der Waals surface area contributed by atoms with Crippen molar-refractivity contribution in [1.82, 2.24) is 14.5 Å². The number of para-hydroxylation sites is 1. The predicted octanol–water partition coefficient (Wildman–Crippen LogP) is 2.97. The predicted molar refractivity (Wildman–Crippen MR) is 108 cm³/mol. The molecule has 2 N–H and O–H groups in total. The van der Waals surface area contributed by atoms with Crippen LogP contribution in [0.4, 0.5) is 0 Å². The van der Waals surface area contributed by atoms with Gasteiger partial charge in [0.05, 0.1) is 28.4 Å². The van der Waals surface area contributed by atoms with Crippen molar-refractivity contribution in [3.05, 3.63) is 53.4 Å². The third kappa shape index (κ3) is 2.88. The van der Waals surface area contributed by atoms with Gasteiger partial charge in [0.1, 0.15) is 5.65 Å². The lowest BCUT2D eigenvalue weighted by Gasteiger charge is -2.10. The summed E-state index contributed by atoms with van der Waals surface area (Å²) in [5.41, 5.74) is 3.21. The van der Waals surface area contributed by atoms with Gasteiger partial charge in [-0.05, 0) is 38.4 Å². The number of aryl methyl sites for hydroxylation is 1. The first-order valence-electron chi connectivity index (χ1n) is 8.89. The summed E-state index contributed by atoms with van der Waals surface area (Å²) in [7, 11) is 6.07. The molecule has 0 radical (unpaired) electrons. The highest BCUT2D eigenvalue weighted by Crippen LogP contribution is 2.26. The second kappa shape index (κ2) is 6.55. The summed E-state index contributed by atoms with van der Waals surface area (Å²) >= 11 is 0. The van der Waals surface area contributed by atoms with Crippen LogP contribution >= 0.6 is 0 Å². The summed E-state index contributed by atoms with van der Waals surface area (Å²) in [4.78, 5) is 21.9. The van der Waals surface area contributed by atoms with Crippen molar-refractivity contribution >= 4 is 38.8 Å². The first-order valence-corrected chi connectivity index (χ1v) is 8.89. The zero-order chi connectivity index (χ0) is 19.1. The Morgan fingerprint density at radius 3 is 2.70 bits per heavy atom. The molecule has 6 heteroatoms. The van der Waals surface area contributed by atoms with E-state index >= 15 is 0 Å². The van der Waals surface area contributed by atoms with E-state index in [-0.39, 0.29) is 5.56 Å². The summed E-state index contributed by atoms with van der Waals surface area (Å²) < 4.78 is 2.11. The number of benzene rings is 2. The van der Waals surface area contributed by atoms with Crippen molar-refractivity contribution in [3.63, 3.8) is 0 Å². The number of aromatic nitrogens is 2. The molecule has 0 saturated carbocycles. The van der Waals surface area contributed by atoms with Crippen LogP contribution in [0.3, 0.4) is 0 Å². The zero-order valence-electron chi connectivity index (χ0n) is 15.7. The number of carbonyl (C=O) groups is 1. The Hall–Kier alpha value is -3.12. The molecule has 0 spiro atoms. The molecule has 2 heterocycles. The van der Waals surface area contributed by atoms with Gasteiger partial charge < -0.3 is 19.6 Å². The van der Waals surface area contributed by atoms with Gasteiger partial charge in [-0.3, -0.25) is 4.99 Å². The average molecular weight is 362 g/mol. The van der Waals surface area contributed by atoms with Crippen molar-refractivity contribution < 1.29 is 9.90 Å². The fourth-order valence-electron chi connectivity index (χ4n) is 3.55. The van der Waals surface area contributed by atoms with Gasteiger partial charge in [-0.2, -0.15) is 0 Å². The summed E-state index contributed by atoms with van der Waals surface area (Å²) in [6, 6.07) is 13.4. The molecule has 0 atom stereocenters. The second-order valence-electron chi connectivity index (χ2n) is 7.02. The maximum absolute atomic E-state index is 11.5. The molecular formula is C21H22N4O2. The number of H-pyrrole nitrogens is 1. The third-order valence-electron chi connectivity index (χ3n) is 4.94. The Labute approximate surface area is 156 Å². The minimum absolute atomic E-state index is 0.276. The number of hydrogen-bond acceptors (Lipinski definition) is 3. The van der Waals surface area contributed by atoms with Gasteiger partial charge in [-0.15, -0.1) is 0 Å². The van der Waals surface area contributed by atoms with Crippen LogP contribution in [0, 0.1) is 0 Å². The van der Waals surface area contributed by atoms with Crippen LogP contribution in [0.25, 0.3) is 32.8 Å². The van der Waals surface area contributed by atoms with Gasteiger partial charge in [-0.25, -0.2) is 4.79 Å². The number of nitrogens with zero attached hydrogens (tertiary/aromatic N) is 3. The van der Waals surface area contributed by atoms with E-state index in [1.165, 1.54) is 0 Å². The van der Waals surface area contributed by atoms with E-state index in [1.54, 1.807) is 12.1 Å². The van der Waals surface area contributed by atoms with Gasteiger partial charge in [-0.1, -0.05) is 18.2 Å². The molecule has 0 aliphatic carbocycles. The number of carboxylic acid groups (broad SMARTS) is 1. The van der Waals surface area contributed by atoms with E-state index in [1.807, 2.05) is 39.3 Å². The molecule has 27 heavy (non-hydrogen) atoms. The molecule has 0 bridgehead atoms. The van der Waals surface area contributed by atoms with Crippen molar-refractivity contribution in [2.24, 2.45) is 12.0 Å². The Bertz CT molecular complexity index is 1250. The quantitative estimate of drug-likeness (QED) is 0.586. The minimum Gasteiger partial charge on any atom is -0.478 e. The number of fused-ring (bicyclic) bond motifs is 4. The van der Waals surface area contributed by atoms with E-state index in [4.69, 9.17) is 4.99 Å². The molecule has 6 nitrogen and oxygen atoms in total. The number of hydrogen-bond donors (Lipinski definition) is 2. The summed E-state index contributed by atoms with van der Waals surface area (Å²) in [5.74, 6) is -0.928. The molecule has 0 fully saturated rings. The number of carboxylic acids is 1. The lowest BCUT2D eigenvalue weighted by Crippen LogP contribution is -2.18. The van der Waals surface area contributed by atoms with Crippen molar-refractivity contribution in [3.8, 4) is 0 Å². The SMILES string of the molecule is CN(C)CCN=c1c2ccccc2n(C)c2[nH]c3ccc(C(=O)O)cc3c12. The van der Waals surface area contributed by atoms with Crippen molar-refractivity contribution in [1.29, 1.82) is 0 Å². The Kier molecular flexibility index (Phi) is 4.20. The van der Waals surface area contributed by atoms with E-state index in [0.717, 1.165) is 44.7 Å². The molecule has 0 amide bonds. The lowest BCUT2D eigenvalue weighted by molar-refractivity contribution is 0.0697. The molecule has 0 aliphatic rings.